The number of rotatable bonds is 3. The molecule has 4 nitrogen and oxygen atoms in total. The molecule has 0 aliphatic heterocycles. The van der Waals surface area contributed by atoms with E-state index in [0.29, 0.717) is 5.56 Å². The van der Waals surface area contributed by atoms with Gasteiger partial charge in [-0.25, -0.2) is 0 Å². The first-order valence-electron chi connectivity index (χ1n) is 3.86. The lowest BCUT2D eigenvalue weighted by Gasteiger charge is -1.99. The quantitative estimate of drug-likeness (QED) is 0.616. The highest BCUT2D eigenvalue weighted by Gasteiger charge is 2.16. The Morgan fingerprint density at radius 1 is 1.43 bits per heavy atom. The van der Waals surface area contributed by atoms with Crippen molar-refractivity contribution in [3.63, 3.8) is 0 Å². The lowest BCUT2D eigenvalue weighted by molar-refractivity contribution is -0.428. The van der Waals surface area contributed by atoms with Crippen molar-refractivity contribution in [3.8, 4) is 0 Å². The summed E-state index contributed by atoms with van der Waals surface area (Å²) in [6.07, 6.45) is 0. The number of halogens is 1. The number of nitrogens with zero attached hydrogens (tertiary/aromatic N) is 1. The number of aliphatic hydroxyl groups is 1. The summed E-state index contributed by atoms with van der Waals surface area (Å²) in [5.41, 5.74) is 0.132. The van der Waals surface area contributed by atoms with Crippen LogP contribution in [0.2, 0.25) is 0 Å². The molecular formula is C9H8ClNO3. The van der Waals surface area contributed by atoms with Gasteiger partial charge in [-0.15, -0.1) is 0 Å². The third-order valence-corrected chi connectivity index (χ3v) is 2.09. The molecule has 1 N–H and O–H groups in total. The predicted molar refractivity (Wildman–Crippen MR) is 53.3 cm³/mol. The molecule has 0 spiro atoms. The molecule has 0 atom stereocenters. The van der Waals surface area contributed by atoms with Gasteiger partial charge < -0.3 is 5.11 Å². The van der Waals surface area contributed by atoms with Gasteiger partial charge in [0.25, 0.3) is 5.70 Å². The van der Waals surface area contributed by atoms with Crippen LogP contribution in [-0.4, -0.2) is 16.6 Å². The Morgan fingerprint density at radius 3 is 2.43 bits per heavy atom. The van der Waals surface area contributed by atoms with Gasteiger partial charge in [-0.3, -0.25) is 10.1 Å². The summed E-state index contributed by atoms with van der Waals surface area (Å²) >= 11 is 5.75. The molecule has 1 aromatic carbocycles. The normalized spacial score (nSPS) is 12.1. The average molecular weight is 214 g/mol. The van der Waals surface area contributed by atoms with Crippen LogP contribution in [0.3, 0.4) is 0 Å². The molecular weight excluding hydrogens is 206 g/mol. The minimum absolute atomic E-state index is 0.0295. The second-order valence-electron chi connectivity index (χ2n) is 2.54. The largest absolute Gasteiger partial charge is 0.385 e. The van der Waals surface area contributed by atoms with Gasteiger partial charge >= 0.3 is 0 Å². The molecule has 0 aromatic heterocycles. The van der Waals surface area contributed by atoms with Gasteiger partial charge in [0.2, 0.25) is 0 Å². The van der Waals surface area contributed by atoms with Crippen molar-refractivity contribution in [1.29, 1.82) is 0 Å². The zero-order chi connectivity index (χ0) is 10.6. The summed E-state index contributed by atoms with van der Waals surface area (Å²) in [5.74, 6) is 0. The highest BCUT2D eigenvalue weighted by molar-refractivity contribution is 6.49. The zero-order valence-corrected chi connectivity index (χ0v) is 7.94. The van der Waals surface area contributed by atoms with Crippen LogP contribution in [0.15, 0.2) is 36.0 Å². The van der Waals surface area contributed by atoms with Gasteiger partial charge in [0, 0.05) is 0 Å². The van der Waals surface area contributed by atoms with Crippen molar-refractivity contribution in [1.82, 2.24) is 0 Å². The van der Waals surface area contributed by atoms with Gasteiger partial charge in [0.15, 0.2) is 0 Å². The Balaban J connectivity index is 3.15. The molecule has 0 saturated heterocycles. The van der Waals surface area contributed by atoms with Gasteiger partial charge in [-0.05, 0) is 5.56 Å². The zero-order valence-electron chi connectivity index (χ0n) is 7.18. The lowest BCUT2D eigenvalue weighted by Crippen LogP contribution is -2.04. The second-order valence-corrected chi connectivity index (χ2v) is 2.92. The van der Waals surface area contributed by atoms with E-state index < -0.39 is 17.2 Å². The Hall–Kier alpha value is -1.39. The van der Waals surface area contributed by atoms with E-state index in [0.717, 1.165) is 0 Å². The molecule has 0 saturated carbocycles. The van der Waals surface area contributed by atoms with Crippen LogP contribution in [-0.2, 0) is 0 Å². The third-order valence-electron chi connectivity index (χ3n) is 1.65. The molecule has 14 heavy (non-hydrogen) atoms. The molecule has 1 rings (SSSR count). The Morgan fingerprint density at radius 2 is 2.00 bits per heavy atom. The van der Waals surface area contributed by atoms with Crippen LogP contribution >= 0.6 is 11.6 Å². The van der Waals surface area contributed by atoms with E-state index in [4.69, 9.17) is 16.7 Å². The van der Waals surface area contributed by atoms with Crippen LogP contribution in [0.25, 0.3) is 5.03 Å². The average Bonchev–Trinajstić information content (AvgIpc) is 2.19. The minimum Gasteiger partial charge on any atom is -0.385 e. The highest BCUT2D eigenvalue weighted by atomic mass is 35.5. The van der Waals surface area contributed by atoms with Gasteiger partial charge in [0.1, 0.15) is 11.6 Å². The molecule has 0 radical (unpaired) electrons. The topological polar surface area (TPSA) is 63.4 Å². The highest BCUT2D eigenvalue weighted by Crippen LogP contribution is 2.22. The van der Waals surface area contributed by atoms with Crippen LogP contribution in [0, 0.1) is 10.1 Å². The standard InChI is InChI=1S/C9H8ClNO3/c10-9(8(6-12)11(13)14)7-4-2-1-3-5-7/h1-5,12H,6H2. The molecule has 0 heterocycles. The van der Waals surface area contributed by atoms with Crippen LogP contribution < -0.4 is 0 Å². The molecule has 0 aliphatic rings. The minimum atomic E-state index is -0.685. The van der Waals surface area contributed by atoms with Gasteiger partial charge in [0.05, 0.1) is 4.92 Å². The van der Waals surface area contributed by atoms with Crippen molar-refractivity contribution in [2.45, 2.75) is 0 Å². The number of aliphatic hydroxyl groups excluding tert-OH is 1. The second kappa shape index (κ2) is 4.74. The van der Waals surface area contributed by atoms with Crippen LogP contribution in [0.1, 0.15) is 5.56 Å². The van der Waals surface area contributed by atoms with E-state index in [-0.39, 0.29) is 5.03 Å². The first kappa shape index (κ1) is 10.7. The summed E-state index contributed by atoms with van der Waals surface area (Å²) in [4.78, 5) is 9.76. The fraction of sp³-hybridized carbons (Fsp3) is 0.111. The van der Waals surface area contributed by atoms with Crippen molar-refractivity contribution in [2.24, 2.45) is 0 Å². The molecule has 0 amide bonds. The first-order valence-corrected chi connectivity index (χ1v) is 4.24. The molecule has 0 fully saturated rings. The molecule has 0 bridgehead atoms. The molecule has 74 valence electrons. The fourth-order valence-corrected chi connectivity index (χ4v) is 1.21. The van der Waals surface area contributed by atoms with E-state index in [2.05, 4.69) is 0 Å². The van der Waals surface area contributed by atoms with Crippen molar-refractivity contribution in [2.75, 3.05) is 6.61 Å². The molecule has 1 aromatic rings. The molecule has 0 unspecified atom stereocenters. The van der Waals surface area contributed by atoms with E-state index in [1.165, 1.54) is 0 Å². The maximum atomic E-state index is 10.4. The number of hydrogen-bond acceptors (Lipinski definition) is 3. The molecule has 5 heteroatoms. The summed E-state index contributed by atoms with van der Waals surface area (Å²) in [7, 11) is 0. The SMILES string of the molecule is O=[N+]([O-])C(CO)=C(Cl)c1ccccc1. The first-order chi connectivity index (χ1) is 6.66. The predicted octanol–water partition coefficient (Wildman–Crippen LogP) is 1.86. The number of hydrogen-bond donors (Lipinski definition) is 1. The number of benzene rings is 1. The number of nitro groups is 1. The summed E-state index contributed by atoms with van der Waals surface area (Å²) in [6, 6.07) is 8.49. The maximum absolute atomic E-state index is 10.4. The van der Waals surface area contributed by atoms with E-state index in [1.54, 1.807) is 30.3 Å². The van der Waals surface area contributed by atoms with Crippen molar-refractivity contribution < 1.29 is 10.0 Å². The van der Waals surface area contributed by atoms with E-state index >= 15 is 0 Å². The van der Waals surface area contributed by atoms with E-state index in [1.807, 2.05) is 0 Å². The van der Waals surface area contributed by atoms with E-state index in [9.17, 15) is 10.1 Å². The van der Waals surface area contributed by atoms with Crippen molar-refractivity contribution >= 4 is 16.6 Å². The van der Waals surface area contributed by atoms with Crippen LogP contribution in [0.4, 0.5) is 0 Å². The maximum Gasteiger partial charge on any atom is 0.290 e. The lowest BCUT2D eigenvalue weighted by atomic mass is 10.2. The molecule has 0 aliphatic carbocycles. The Kier molecular flexibility index (Phi) is 3.62. The summed E-state index contributed by atoms with van der Waals surface area (Å²) < 4.78 is 0. The van der Waals surface area contributed by atoms with Crippen molar-refractivity contribution in [3.05, 3.63) is 51.7 Å². The van der Waals surface area contributed by atoms with Gasteiger partial charge in [-0.1, -0.05) is 41.9 Å². The summed E-state index contributed by atoms with van der Waals surface area (Å²) in [6.45, 7) is -0.680. The Labute approximate surface area is 85.6 Å². The van der Waals surface area contributed by atoms with Crippen LogP contribution in [0.5, 0.6) is 0 Å². The Bertz CT molecular complexity index is 362. The van der Waals surface area contributed by atoms with Gasteiger partial charge in [-0.2, -0.15) is 0 Å². The monoisotopic (exact) mass is 213 g/mol. The fourth-order valence-electron chi connectivity index (χ4n) is 0.958. The third kappa shape index (κ3) is 2.31. The smallest absolute Gasteiger partial charge is 0.290 e. The summed E-state index contributed by atoms with van der Waals surface area (Å²) in [5, 5.41) is 19.2.